The highest BCUT2D eigenvalue weighted by Crippen LogP contribution is 2.28. The van der Waals surface area contributed by atoms with Gasteiger partial charge in [0.15, 0.2) is 5.75 Å². The highest BCUT2D eigenvalue weighted by Gasteiger charge is 2.14. The van der Waals surface area contributed by atoms with Gasteiger partial charge in [0.2, 0.25) is 0 Å². The van der Waals surface area contributed by atoms with Gasteiger partial charge in [0.1, 0.15) is 6.61 Å². The van der Waals surface area contributed by atoms with Gasteiger partial charge < -0.3 is 15.6 Å². The van der Waals surface area contributed by atoms with Crippen molar-refractivity contribution in [3.8, 4) is 5.75 Å². The smallest absolute Gasteiger partial charge is 0.311 e. The van der Waals surface area contributed by atoms with Crippen LogP contribution in [0.1, 0.15) is 0 Å². The number of anilines is 1. The van der Waals surface area contributed by atoms with Crippen LogP contribution in [0.4, 0.5) is 11.4 Å². The van der Waals surface area contributed by atoms with Gasteiger partial charge in [0, 0.05) is 17.8 Å². The Labute approximate surface area is 80.1 Å². The van der Waals surface area contributed by atoms with Crippen molar-refractivity contribution in [2.75, 3.05) is 18.9 Å². The lowest BCUT2D eigenvalue weighted by Gasteiger charge is -2.05. The Kier molecular flexibility index (Phi) is 3.24. The molecule has 0 aliphatic carbocycles. The summed E-state index contributed by atoms with van der Waals surface area (Å²) in [6.45, 7) is -0.198. The van der Waals surface area contributed by atoms with Crippen LogP contribution in [0.25, 0.3) is 0 Å². The topological polar surface area (TPSA) is 98.6 Å². The average molecular weight is 198 g/mol. The van der Waals surface area contributed by atoms with Gasteiger partial charge >= 0.3 is 5.69 Å². The van der Waals surface area contributed by atoms with E-state index in [4.69, 9.17) is 15.6 Å². The van der Waals surface area contributed by atoms with Crippen LogP contribution in [-0.4, -0.2) is 23.2 Å². The van der Waals surface area contributed by atoms with Gasteiger partial charge in [0.25, 0.3) is 0 Å². The van der Waals surface area contributed by atoms with Crippen molar-refractivity contribution < 1.29 is 14.8 Å². The summed E-state index contributed by atoms with van der Waals surface area (Å²) in [6, 6.07) is 4.04. The number of nitrogen functional groups attached to an aromatic ring is 1. The molecule has 0 spiro atoms. The number of nitrogens with two attached hydrogens (primary N) is 1. The maximum absolute atomic E-state index is 10.5. The summed E-state index contributed by atoms with van der Waals surface area (Å²) in [7, 11) is 0. The summed E-state index contributed by atoms with van der Waals surface area (Å²) in [5.41, 5.74) is 5.65. The zero-order valence-electron chi connectivity index (χ0n) is 7.34. The molecular formula is C8H10N2O4. The van der Waals surface area contributed by atoms with Crippen LogP contribution in [0.15, 0.2) is 18.2 Å². The van der Waals surface area contributed by atoms with Gasteiger partial charge in [-0.25, -0.2) is 0 Å². The van der Waals surface area contributed by atoms with Gasteiger partial charge in [-0.3, -0.25) is 10.1 Å². The van der Waals surface area contributed by atoms with E-state index in [0.29, 0.717) is 5.69 Å². The van der Waals surface area contributed by atoms with Crippen LogP contribution in [0.5, 0.6) is 5.75 Å². The predicted octanol–water partition coefficient (Wildman–Crippen LogP) is 0.548. The Morgan fingerprint density at radius 3 is 2.86 bits per heavy atom. The number of nitro benzene ring substituents is 1. The third-order valence-corrected chi connectivity index (χ3v) is 1.53. The summed E-state index contributed by atoms with van der Waals surface area (Å²) in [6.07, 6.45) is 0. The standard InChI is InChI=1S/C8H10N2O4/c9-6-1-2-7(10(12)13)8(5-6)14-4-3-11/h1-2,5,11H,3-4,9H2. The summed E-state index contributed by atoms with van der Waals surface area (Å²) in [5, 5.41) is 19.0. The highest BCUT2D eigenvalue weighted by atomic mass is 16.6. The molecule has 0 aliphatic rings. The van der Waals surface area contributed by atoms with Crippen molar-refractivity contribution in [2.24, 2.45) is 0 Å². The normalized spacial score (nSPS) is 9.79. The second kappa shape index (κ2) is 4.43. The summed E-state index contributed by atoms with van der Waals surface area (Å²) < 4.78 is 4.96. The number of hydrogen-bond donors (Lipinski definition) is 2. The molecular weight excluding hydrogens is 188 g/mol. The van der Waals surface area contributed by atoms with Gasteiger partial charge in [-0.2, -0.15) is 0 Å². The van der Waals surface area contributed by atoms with Gasteiger partial charge in [-0.1, -0.05) is 0 Å². The Morgan fingerprint density at radius 2 is 2.29 bits per heavy atom. The fourth-order valence-electron chi connectivity index (χ4n) is 0.953. The van der Waals surface area contributed by atoms with Gasteiger partial charge in [-0.05, 0) is 6.07 Å². The number of nitro groups is 1. The van der Waals surface area contributed by atoms with Gasteiger partial charge in [-0.15, -0.1) is 0 Å². The molecule has 0 aliphatic heterocycles. The highest BCUT2D eigenvalue weighted by molar-refractivity contribution is 5.55. The van der Waals surface area contributed by atoms with E-state index in [0.717, 1.165) is 0 Å². The second-order valence-corrected chi connectivity index (χ2v) is 2.56. The molecule has 0 bridgehead atoms. The first-order chi connectivity index (χ1) is 6.65. The molecule has 6 nitrogen and oxygen atoms in total. The largest absolute Gasteiger partial charge is 0.484 e. The van der Waals surface area contributed by atoms with Crippen molar-refractivity contribution in [3.63, 3.8) is 0 Å². The number of ether oxygens (including phenoxy) is 1. The minimum atomic E-state index is -0.563. The molecule has 1 rings (SSSR count). The molecule has 1 aromatic carbocycles. The van der Waals surface area contributed by atoms with Crippen molar-refractivity contribution in [1.82, 2.24) is 0 Å². The molecule has 0 radical (unpaired) electrons. The Bertz CT molecular complexity index is 340. The van der Waals surface area contributed by atoms with E-state index >= 15 is 0 Å². The first kappa shape index (κ1) is 10.3. The van der Waals surface area contributed by atoms with Crippen molar-refractivity contribution >= 4 is 11.4 Å². The zero-order valence-corrected chi connectivity index (χ0v) is 7.34. The van der Waals surface area contributed by atoms with Crippen LogP contribution >= 0.6 is 0 Å². The van der Waals surface area contributed by atoms with E-state index < -0.39 is 4.92 Å². The Morgan fingerprint density at radius 1 is 1.57 bits per heavy atom. The van der Waals surface area contributed by atoms with E-state index in [1.54, 1.807) is 0 Å². The fraction of sp³-hybridized carbons (Fsp3) is 0.250. The lowest BCUT2D eigenvalue weighted by Crippen LogP contribution is -2.04. The molecule has 14 heavy (non-hydrogen) atoms. The monoisotopic (exact) mass is 198 g/mol. The first-order valence-corrected chi connectivity index (χ1v) is 3.92. The molecule has 0 unspecified atom stereocenters. The van der Waals surface area contributed by atoms with Gasteiger partial charge in [0.05, 0.1) is 11.5 Å². The molecule has 76 valence electrons. The average Bonchev–Trinajstić information content (AvgIpc) is 2.14. The van der Waals surface area contributed by atoms with Crippen molar-refractivity contribution in [3.05, 3.63) is 28.3 Å². The van der Waals surface area contributed by atoms with E-state index in [-0.39, 0.29) is 24.7 Å². The van der Waals surface area contributed by atoms with Crippen LogP contribution in [0, 0.1) is 10.1 Å². The minimum absolute atomic E-state index is 0.00426. The molecule has 0 fully saturated rings. The quantitative estimate of drug-likeness (QED) is 0.418. The van der Waals surface area contributed by atoms with E-state index in [1.165, 1.54) is 18.2 Å². The number of hydrogen-bond acceptors (Lipinski definition) is 5. The van der Waals surface area contributed by atoms with Crippen molar-refractivity contribution in [2.45, 2.75) is 0 Å². The molecule has 0 saturated carbocycles. The molecule has 0 aromatic heterocycles. The number of aliphatic hydroxyl groups excluding tert-OH is 1. The number of benzene rings is 1. The molecule has 1 aromatic rings. The molecule has 6 heteroatoms. The van der Waals surface area contributed by atoms with Crippen LogP contribution in [-0.2, 0) is 0 Å². The van der Waals surface area contributed by atoms with Crippen LogP contribution in [0.2, 0.25) is 0 Å². The third-order valence-electron chi connectivity index (χ3n) is 1.53. The van der Waals surface area contributed by atoms with E-state index in [9.17, 15) is 10.1 Å². The maximum atomic E-state index is 10.5. The summed E-state index contributed by atoms with van der Waals surface area (Å²) in [4.78, 5) is 9.96. The summed E-state index contributed by atoms with van der Waals surface area (Å²) in [5.74, 6) is 0.0732. The van der Waals surface area contributed by atoms with E-state index in [2.05, 4.69) is 0 Å². The number of nitrogens with zero attached hydrogens (tertiary/aromatic N) is 1. The van der Waals surface area contributed by atoms with E-state index in [1.807, 2.05) is 0 Å². The molecule has 0 heterocycles. The number of rotatable bonds is 4. The SMILES string of the molecule is Nc1ccc([N+](=O)[O-])c(OCCO)c1. The molecule has 0 saturated heterocycles. The maximum Gasteiger partial charge on any atom is 0.311 e. The first-order valence-electron chi connectivity index (χ1n) is 3.92. The predicted molar refractivity (Wildman–Crippen MR) is 50.1 cm³/mol. The fourth-order valence-corrected chi connectivity index (χ4v) is 0.953. The summed E-state index contributed by atoms with van der Waals surface area (Å²) >= 11 is 0. The van der Waals surface area contributed by atoms with Crippen LogP contribution in [0.3, 0.4) is 0 Å². The second-order valence-electron chi connectivity index (χ2n) is 2.56. The third kappa shape index (κ3) is 2.33. The zero-order chi connectivity index (χ0) is 10.6. The lowest BCUT2D eigenvalue weighted by atomic mass is 10.2. The Balaban J connectivity index is 2.97. The minimum Gasteiger partial charge on any atom is -0.484 e. The molecule has 3 N–H and O–H groups in total. The lowest BCUT2D eigenvalue weighted by molar-refractivity contribution is -0.385. The Hall–Kier alpha value is -1.82. The molecule has 0 amide bonds. The van der Waals surface area contributed by atoms with Crippen LogP contribution < -0.4 is 10.5 Å². The number of aliphatic hydroxyl groups is 1. The van der Waals surface area contributed by atoms with Crippen molar-refractivity contribution in [1.29, 1.82) is 0 Å². The molecule has 0 atom stereocenters.